The van der Waals surface area contributed by atoms with Gasteiger partial charge in [0.2, 0.25) is 0 Å². The van der Waals surface area contributed by atoms with Crippen molar-refractivity contribution in [3.63, 3.8) is 0 Å². The van der Waals surface area contributed by atoms with Gasteiger partial charge in [0, 0.05) is 43.3 Å². The van der Waals surface area contributed by atoms with Crippen LogP contribution in [0.2, 0.25) is 0 Å². The number of anilines is 1. The largest absolute Gasteiger partial charge is 0.456 e. The van der Waals surface area contributed by atoms with Crippen LogP contribution in [0.5, 0.6) is 0 Å². The molecule has 1 fully saturated rings. The fraction of sp³-hybridized carbons (Fsp3) is 0.300. The standard InChI is InChI=1S/C20H21N3O3/c24-20-19(22-13-15-2-1-7-21-12-15)18(14-26-20)16-3-5-17(6-4-16)23-8-10-25-11-9-23/h1-7,12,22H,8-11,13-14H2. The lowest BCUT2D eigenvalue weighted by Gasteiger charge is -2.29. The summed E-state index contributed by atoms with van der Waals surface area (Å²) in [5, 5.41) is 3.21. The second kappa shape index (κ2) is 7.58. The zero-order valence-electron chi connectivity index (χ0n) is 14.5. The molecule has 0 saturated carbocycles. The Bertz CT molecular complexity index is 797. The van der Waals surface area contributed by atoms with Gasteiger partial charge in [0.05, 0.1) is 13.2 Å². The SMILES string of the molecule is O=C1OCC(c2ccc(N3CCOCC3)cc2)=C1NCc1cccnc1. The zero-order valence-corrected chi connectivity index (χ0v) is 14.5. The number of morpholine rings is 1. The van der Waals surface area contributed by atoms with Crippen molar-refractivity contribution in [2.75, 3.05) is 37.8 Å². The molecule has 6 heteroatoms. The summed E-state index contributed by atoms with van der Waals surface area (Å²) >= 11 is 0. The number of ether oxygens (including phenoxy) is 2. The number of nitrogens with one attached hydrogen (secondary N) is 1. The summed E-state index contributed by atoms with van der Waals surface area (Å²) in [4.78, 5) is 18.5. The second-order valence-corrected chi connectivity index (χ2v) is 6.29. The maximum Gasteiger partial charge on any atom is 0.355 e. The van der Waals surface area contributed by atoms with E-state index in [9.17, 15) is 4.79 Å². The molecule has 0 aliphatic carbocycles. The van der Waals surface area contributed by atoms with E-state index in [2.05, 4.69) is 27.3 Å². The molecule has 134 valence electrons. The monoisotopic (exact) mass is 351 g/mol. The number of nitrogens with zero attached hydrogens (tertiary/aromatic N) is 2. The minimum Gasteiger partial charge on any atom is -0.456 e. The highest BCUT2D eigenvalue weighted by atomic mass is 16.5. The van der Waals surface area contributed by atoms with Crippen molar-refractivity contribution in [3.8, 4) is 0 Å². The van der Waals surface area contributed by atoms with Gasteiger partial charge in [0.25, 0.3) is 0 Å². The van der Waals surface area contributed by atoms with E-state index >= 15 is 0 Å². The minimum atomic E-state index is -0.304. The predicted molar refractivity (Wildman–Crippen MR) is 98.4 cm³/mol. The number of pyridine rings is 1. The molecule has 1 aromatic heterocycles. The Morgan fingerprint density at radius 1 is 1.12 bits per heavy atom. The minimum absolute atomic E-state index is 0.297. The van der Waals surface area contributed by atoms with E-state index in [1.165, 1.54) is 5.69 Å². The Labute approximate surface area is 152 Å². The Kier molecular flexibility index (Phi) is 4.84. The Morgan fingerprint density at radius 3 is 2.65 bits per heavy atom. The lowest BCUT2D eigenvalue weighted by Crippen LogP contribution is -2.36. The first kappa shape index (κ1) is 16.6. The third kappa shape index (κ3) is 3.55. The number of aromatic nitrogens is 1. The molecule has 1 aromatic carbocycles. The molecule has 0 bridgehead atoms. The van der Waals surface area contributed by atoms with Gasteiger partial charge in [-0.25, -0.2) is 4.79 Å². The van der Waals surface area contributed by atoms with Crippen LogP contribution in [0.15, 0.2) is 54.5 Å². The molecule has 2 aliphatic rings. The van der Waals surface area contributed by atoms with Crippen molar-refractivity contribution in [1.82, 2.24) is 10.3 Å². The molecule has 4 rings (SSSR count). The van der Waals surface area contributed by atoms with Crippen molar-refractivity contribution in [3.05, 3.63) is 65.6 Å². The summed E-state index contributed by atoms with van der Waals surface area (Å²) in [5.41, 5.74) is 4.62. The van der Waals surface area contributed by atoms with Crippen LogP contribution in [0, 0.1) is 0 Å². The Hall–Kier alpha value is -2.86. The van der Waals surface area contributed by atoms with Crippen LogP contribution in [-0.4, -0.2) is 43.9 Å². The third-order valence-corrected chi connectivity index (χ3v) is 4.64. The Morgan fingerprint density at radius 2 is 1.92 bits per heavy atom. The highest BCUT2D eigenvalue weighted by molar-refractivity contribution is 6.01. The van der Waals surface area contributed by atoms with Gasteiger partial charge < -0.3 is 19.7 Å². The predicted octanol–water partition coefficient (Wildman–Crippen LogP) is 1.98. The van der Waals surface area contributed by atoms with E-state index in [0.717, 1.165) is 43.0 Å². The number of rotatable bonds is 5. The van der Waals surface area contributed by atoms with Crippen LogP contribution in [0.1, 0.15) is 11.1 Å². The smallest absolute Gasteiger partial charge is 0.355 e. The molecule has 1 N–H and O–H groups in total. The summed E-state index contributed by atoms with van der Waals surface area (Å²) in [6.07, 6.45) is 3.51. The van der Waals surface area contributed by atoms with Crippen molar-refractivity contribution >= 4 is 17.2 Å². The highest BCUT2D eigenvalue weighted by Gasteiger charge is 2.26. The molecule has 0 amide bonds. The molecule has 6 nitrogen and oxygen atoms in total. The normalized spacial score (nSPS) is 17.4. The highest BCUT2D eigenvalue weighted by Crippen LogP contribution is 2.27. The maximum absolute atomic E-state index is 12.1. The Balaban J connectivity index is 1.52. The van der Waals surface area contributed by atoms with E-state index in [1.54, 1.807) is 12.4 Å². The molecule has 0 atom stereocenters. The third-order valence-electron chi connectivity index (χ3n) is 4.64. The summed E-state index contributed by atoms with van der Waals surface area (Å²) in [7, 11) is 0. The van der Waals surface area contributed by atoms with Crippen LogP contribution in [-0.2, 0) is 20.8 Å². The van der Waals surface area contributed by atoms with Crippen LogP contribution in [0.25, 0.3) is 5.57 Å². The van der Waals surface area contributed by atoms with Crippen LogP contribution in [0.4, 0.5) is 5.69 Å². The lowest BCUT2D eigenvalue weighted by atomic mass is 10.0. The van der Waals surface area contributed by atoms with Gasteiger partial charge in [-0.1, -0.05) is 18.2 Å². The van der Waals surface area contributed by atoms with E-state index < -0.39 is 0 Å². The zero-order chi connectivity index (χ0) is 17.8. The van der Waals surface area contributed by atoms with Gasteiger partial charge in [-0.3, -0.25) is 4.98 Å². The molecule has 3 heterocycles. The first-order chi connectivity index (χ1) is 12.8. The van der Waals surface area contributed by atoms with Crippen molar-refractivity contribution < 1.29 is 14.3 Å². The quantitative estimate of drug-likeness (QED) is 0.831. The van der Waals surface area contributed by atoms with Crippen molar-refractivity contribution in [2.45, 2.75) is 6.54 Å². The van der Waals surface area contributed by atoms with Gasteiger partial charge in [-0.2, -0.15) is 0 Å². The average Bonchev–Trinajstić information content (AvgIpc) is 3.08. The number of esters is 1. The molecule has 2 aliphatic heterocycles. The van der Waals surface area contributed by atoms with E-state index in [-0.39, 0.29) is 5.97 Å². The molecule has 0 spiro atoms. The van der Waals surface area contributed by atoms with Crippen LogP contribution >= 0.6 is 0 Å². The fourth-order valence-corrected chi connectivity index (χ4v) is 3.20. The molecule has 2 aromatic rings. The number of hydrogen-bond acceptors (Lipinski definition) is 6. The number of hydrogen-bond donors (Lipinski definition) is 1. The van der Waals surface area contributed by atoms with Gasteiger partial charge >= 0.3 is 5.97 Å². The van der Waals surface area contributed by atoms with E-state index in [0.29, 0.717) is 18.8 Å². The molecule has 0 radical (unpaired) electrons. The van der Waals surface area contributed by atoms with Gasteiger partial charge in [-0.05, 0) is 29.3 Å². The number of carbonyl (C=O) groups is 1. The molecular weight excluding hydrogens is 330 g/mol. The van der Waals surface area contributed by atoms with Crippen molar-refractivity contribution in [1.29, 1.82) is 0 Å². The first-order valence-corrected chi connectivity index (χ1v) is 8.77. The van der Waals surface area contributed by atoms with Gasteiger partial charge in [-0.15, -0.1) is 0 Å². The summed E-state index contributed by atoms with van der Waals surface area (Å²) in [5.74, 6) is -0.304. The van der Waals surface area contributed by atoms with Crippen molar-refractivity contribution in [2.24, 2.45) is 0 Å². The van der Waals surface area contributed by atoms with E-state index in [4.69, 9.17) is 9.47 Å². The summed E-state index contributed by atoms with van der Waals surface area (Å²) < 4.78 is 10.6. The number of carbonyl (C=O) groups excluding carboxylic acids is 1. The molecular formula is C20H21N3O3. The number of benzene rings is 1. The molecule has 1 saturated heterocycles. The van der Waals surface area contributed by atoms with Crippen LogP contribution < -0.4 is 10.2 Å². The van der Waals surface area contributed by atoms with E-state index in [1.807, 2.05) is 24.3 Å². The summed E-state index contributed by atoms with van der Waals surface area (Å²) in [6, 6.07) is 12.1. The van der Waals surface area contributed by atoms with Gasteiger partial charge in [0.15, 0.2) is 0 Å². The van der Waals surface area contributed by atoms with Gasteiger partial charge in [0.1, 0.15) is 12.3 Å². The lowest BCUT2D eigenvalue weighted by molar-refractivity contribution is -0.136. The molecule has 0 unspecified atom stereocenters. The van der Waals surface area contributed by atoms with Crippen LogP contribution in [0.3, 0.4) is 0 Å². The maximum atomic E-state index is 12.1. The second-order valence-electron chi connectivity index (χ2n) is 6.29. The number of cyclic esters (lactones) is 1. The topological polar surface area (TPSA) is 63.7 Å². The summed E-state index contributed by atoms with van der Waals surface area (Å²) in [6.45, 7) is 4.16. The average molecular weight is 351 g/mol. The molecule has 26 heavy (non-hydrogen) atoms. The first-order valence-electron chi connectivity index (χ1n) is 8.77. The fourth-order valence-electron chi connectivity index (χ4n) is 3.20.